The molecule has 5 heterocycles. The lowest BCUT2D eigenvalue weighted by atomic mass is 9.91. The quantitative estimate of drug-likeness (QED) is 0.105. The predicted octanol–water partition coefficient (Wildman–Crippen LogP) is 9.87. The Morgan fingerprint density at radius 2 is 1.00 bits per heavy atom. The molecule has 2 atom stereocenters. The van der Waals surface area contributed by atoms with Gasteiger partial charge in [0.2, 0.25) is 0 Å². The van der Waals surface area contributed by atoms with Crippen LogP contribution in [0.25, 0.3) is 44.4 Å². The molecule has 2 fully saturated rings. The van der Waals surface area contributed by atoms with Gasteiger partial charge in [0.15, 0.2) is 0 Å². The second kappa shape index (κ2) is 18.3. The fraction of sp³-hybridized carbons (Fsp3) is 0.522. The largest absolute Gasteiger partial charge is 0.481 e. The standard InChI is InChI=1S/C34H38N4O6.C12H23N/c1-15-21(7-9-31(41)42)27-14-28-22(8-10-32(43)44)16(2)24(36-28)12-29-34(20(6)40)18(4)26(38-29)13-30-33(19(5)39)17(3)25(37-30)11-23(15)35-27;1-3-7-11(8-4-1)13-12-9-5-2-6-10-12/h11-14,19-20,37-40H,7-10H2,1-6H3,(H,41,42)(H,43,44);11-13H,1-10H2. The number of hydrogen-bond donors (Lipinski definition) is 7. The number of allylic oxidation sites excluding steroid dienone is 4. The first kappa shape index (κ1) is 42.0. The summed E-state index contributed by atoms with van der Waals surface area (Å²) >= 11 is 0. The van der Waals surface area contributed by atoms with Crippen molar-refractivity contribution in [1.82, 2.24) is 25.3 Å². The number of H-pyrrole nitrogens is 2. The molecular formula is C46H61N5O6. The van der Waals surface area contributed by atoms with Gasteiger partial charge >= 0.3 is 11.9 Å². The second-order valence-corrected chi connectivity index (χ2v) is 16.5. The van der Waals surface area contributed by atoms with Gasteiger partial charge in [-0.3, -0.25) is 9.59 Å². The fourth-order valence-corrected chi connectivity index (χ4v) is 9.19. The maximum absolute atomic E-state index is 11.6. The predicted molar refractivity (Wildman–Crippen MR) is 227 cm³/mol. The van der Waals surface area contributed by atoms with Crippen LogP contribution in [-0.2, 0) is 9.59 Å². The number of nitrogens with one attached hydrogen (secondary N) is 3. The molecule has 2 aliphatic carbocycles. The highest BCUT2D eigenvalue weighted by atomic mass is 16.4. The van der Waals surface area contributed by atoms with Crippen molar-refractivity contribution in [2.24, 2.45) is 0 Å². The molecule has 2 aliphatic heterocycles. The van der Waals surface area contributed by atoms with E-state index in [0.29, 0.717) is 39.4 Å². The molecule has 0 amide bonds. The number of carboxylic acid groups (broad SMARTS) is 2. The molecule has 0 aromatic carbocycles. The van der Waals surface area contributed by atoms with Crippen LogP contribution in [0.4, 0.5) is 0 Å². The van der Waals surface area contributed by atoms with Crippen LogP contribution in [0.1, 0.15) is 175 Å². The van der Waals surface area contributed by atoms with E-state index in [2.05, 4.69) is 15.3 Å². The van der Waals surface area contributed by atoms with E-state index in [4.69, 9.17) is 9.97 Å². The Labute approximate surface area is 335 Å². The molecule has 306 valence electrons. The minimum Gasteiger partial charge on any atom is -0.481 e. The van der Waals surface area contributed by atoms with Gasteiger partial charge < -0.3 is 35.7 Å². The van der Waals surface area contributed by atoms with E-state index in [1.807, 2.05) is 52.0 Å². The average molecular weight is 780 g/mol. The molecule has 2 unspecified atom stereocenters. The number of aryl methyl sites for hydroxylation is 2. The third kappa shape index (κ3) is 9.76. The number of aromatic nitrogens is 4. The molecule has 3 aromatic heterocycles. The van der Waals surface area contributed by atoms with Crippen molar-refractivity contribution in [1.29, 1.82) is 0 Å². The summed E-state index contributed by atoms with van der Waals surface area (Å²) < 4.78 is 0. The summed E-state index contributed by atoms with van der Waals surface area (Å²) in [5, 5.41) is 44.4. The Kier molecular flexibility index (Phi) is 13.5. The van der Waals surface area contributed by atoms with Crippen molar-refractivity contribution in [3.8, 4) is 0 Å². The van der Waals surface area contributed by atoms with Gasteiger partial charge in [-0.1, -0.05) is 38.5 Å². The van der Waals surface area contributed by atoms with E-state index in [-0.39, 0.29) is 25.7 Å². The zero-order valence-electron chi connectivity index (χ0n) is 34.5. The first-order valence-electron chi connectivity index (χ1n) is 20.9. The van der Waals surface area contributed by atoms with Crippen LogP contribution in [0.5, 0.6) is 0 Å². The Balaban J connectivity index is 0.000000355. The van der Waals surface area contributed by atoms with Crippen molar-refractivity contribution < 1.29 is 30.0 Å². The Hall–Kier alpha value is -4.58. The number of aliphatic hydroxyl groups is 2. The molecule has 11 nitrogen and oxygen atoms in total. The van der Waals surface area contributed by atoms with Crippen LogP contribution >= 0.6 is 0 Å². The molecule has 7 rings (SSSR count). The van der Waals surface area contributed by atoms with Gasteiger partial charge in [0.25, 0.3) is 0 Å². The summed E-state index contributed by atoms with van der Waals surface area (Å²) in [5.74, 6) is -1.84. The van der Waals surface area contributed by atoms with Crippen LogP contribution < -0.4 is 5.32 Å². The minimum absolute atomic E-state index is 0.0750. The number of aromatic amines is 2. The fourth-order valence-electron chi connectivity index (χ4n) is 9.19. The number of carboxylic acids is 2. The van der Waals surface area contributed by atoms with E-state index in [0.717, 1.165) is 62.1 Å². The zero-order valence-corrected chi connectivity index (χ0v) is 34.5. The van der Waals surface area contributed by atoms with Crippen LogP contribution in [0.2, 0.25) is 0 Å². The summed E-state index contributed by atoms with van der Waals surface area (Å²) in [4.78, 5) is 39.8. The van der Waals surface area contributed by atoms with Crippen molar-refractivity contribution in [3.05, 3.63) is 69.3 Å². The van der Waals surface area contributed by atoms with Crippen molar-refractivity contribution >= 4 is 56.3 Å². The zero-order chi connectivity index (χ0) is 41.0. The maximum atomic E-state index is 11.6. The molecule has 7 N–H and O–H groups in total. The number of nitrogens with zero attached hydrogens (tertiary/aromatic N) is 2. The van der Waals surface area contributed by atoms with E-state index >= 15 is 0 Å². The molecular weight excluding hydrogens is 719 g/mol. The number of rotatable bonds is 10. The second-order valence-electron chi connectivity index (χ2n) is 16.5. The molecule has 0 saturated heterocycles. The topological polar surface area (TPSA) is 184 Å². The summed E-state index contributed by atoms with van der Waals surface area (Å²) in [6, 6.07) is 9.26. The molecule has 0 spiro atoms. The molecule has 0 radical (unpaired) electrons. The smallest absolute Gasteiger partial charge is 0.303 e. The molecule has 3 aromatic rings. The van der Waals surface area contributed by atoms with E-state index in [1.54, 1.807) is 13.8 Å². The van der Waals surface area contributed by atoms with Gasteiger partial charge in [0, 0.05) is 58.1 Å². The van der Waals surface area contributed by atoms with Gasteiger partial charge in [-0.05, 0) is 138 Å². The van der Waals surface area contributed by atoms with Crippen LogP contribution in [0.3, 0.4) is 0 Å². The third-order valence-corrected chi connectivity index (χ3v) is 12.3. The summed E-state index contributed by atoms with van der Waals surface area (Å²) in [6.45, 7) is 11.1. The highest BCUT2D eigenvalue weighted by Crippen LogP contribution is 2.39. The lowest BCUT2D eigenvalue weighted by Crippen LogP contribution is -2.40. The first-order chi connectivity index (χ1) is 27.2. The molecule has 2 saturated carbocycles. The normalized spacial score (nSPS) is 17.7. The molecule has 11 heteroatoms. The maximum Gasteiger partial charge on any atom is 0.303 e. The van der Waals surface area contributed by atoms with Gasteiger partial charge in [-0.2, -0.15) is 0 Å². The monoisotopic (exact) mass is 779 g/mol. The van der Waals surface area contributed by atoms with Gasteiger partial charge in [-0.15, -0.1) is 0 Å². The van der Waals surface area contributed by atoms with Crippen molar-refractivity contribution in [2.45, 2.75) is 156 Å². The third-order valence-electron chi connectivity index (χ3n) is 12.3. The number of hydrogen-bond acceptors (Lipinski definition) is 7. The van der Waals surface area contributed by atoms with Crippen molar-refractivity contribution in [2.75, 3.05) is 0 Å². The lowest BCUT2D eigenvalue weighted by Gasteiger charge is -2.30. The Morgan fingerprint density at radius 3 is 1.40 bits per heavy atom. The lowest BCUT2D eigenvalue weighted by molar-refractivity contribution is -0.137. The summed E-state index contributed by atoms with van der Waals surface area (Å²) in [7, 11) is 0. The van der Waals surface area contributed by atoms with Crippen LogP contribution in [0, 0.1) is 13.8 Å². The molecule has 57 heavy (non-hydrogen) atoms. The summed E-state index contributed by atoms with van der Waals surface area (Å²) in [5.41, 5.74) is 11.7. The molecule has 4 aliphatic rings. The highest BCUT2D eigenvalue weighted by Gasteiger charge is 2.24. The summed E-state index contributed by atoms with van der Waals surface area (Å²) in [6.07, 6.45) is 13.4. The van der Waals surface area contributed by atoms with Crippen molar-refractivity contribution in [3.63, 3.8) is 0 Å². The van der Waals surface area contributed by atoms with Gasteiger partial charge in [0.1, 0.15) is 0 Å². The minimum atomic E-state index is -0.921. The van der Waals surface area contributed by atoms with E-state index in [9.17, 15) is 30.0 Å². The number of aliphatic hydroxyl groups excluding tert-OH is 2. The first-order valence-corrected chi connectivity index (χ1v) is 20.9. The Morgan fingerprint density at radius 1 is 0.614 bits per heavy atom. The Bertz CT molecular complexity index is 2200. The van der Waals surface area contributed by atoms with Crippen LogP contribution in [-0.4, -0.2) is 64.4 Å². The number of fused-ring (bicyclic) bond motifs is 8. The van der Waals surface area contributed by atoms with E-state index in [1.165, 1.54) is 64.2 Å². The van der Waals surface area contributed by atoms with E-state index < -0.39 is 24.1 Å². The highest BCUT2D eigenvalue weighted by molar-refractivity contribution is 5.96. The number of carbonyl (C=O) groups is 2. The average Bonchev–Trinajstić information content (AvgIpc) is 3.83. The number of aliphatic carboxylic acids is 2. The van der Waals surface area contributed by atoms with Gasteiger partial charge in [0.05, 0.1) is 35.0 Å². The van der Waals surface area contributed by atoms with Crippen LogP contribution in [0.15, 0.2) is 24.3 Å². The SMILES string of the molecule is C1CCC(NC2CCCCC2)CC1.CC1=C(CCC(=O)O)c2cc3nc(cc4[nH]c(cc5[nH]c(cc1n2)c(C)c5C(C)O)c(C)c4C(C)O)C(C)=C3CCC(=O)O. The molecule has 8 bridgehead atoms. The van der Waals surface area contributed by atoms with Gasteiger partial charge in [-0.25, -0.2) is 9.97 Å².